The Morgan fingerprint density at radius 3 is 2.56 bits per heavy atom. The SMILES string of the molecule is CC(C)NC(=O)c1ccc(CSc2nc(-c3ccccc3)cc(N3CCN(C)CC3)n2)o1. The predicted octanol–water partition coefficient (Wildman–Crippen LogP) is 3.92. The number of carbonyl (C=O) groups excluding carboxylic acids is 1. The number of rotatable bonds is 7. The summed E-state index contributed by atoms with van der Waals surface area (Å²) in [6, 6.07) is 15.9. The number of carbonyl (C=O) groups is 1. The van der Waals surface area contributed by atoms with Crippen LogP contribution in [0.5, 0.6) is 0 Å². The molecule has 1 aliphatic heterocycles. The molecule has 1 aromatic carbocycles. The van der Waals surface area contributed by atoms with Crippen LogP contribution >= 0.6 is 11.8 Å². The minimum Gasteiger partial charge on any atom is -0.455 e. The maximum Gasteiger partial charge on any atom is 0.287 e. The van der Waals surface area contributed by atoms with Crippen LogP contribution in [0.4, 0.5) is 5.82 Å². The van der Waals surface area contributed by atoms with Crippen molar-refractivity contribution in [1.82, 2.24) is 20.2 Å². The Morgan fingerprint density at radius 1 is 1.09 bits per heavy atom. The quantitative estimate of drug-likeness (QED) is 0.431. The van der Waals surface area contributed by atoms with E-state index >= 15 is 0 Å². The number of likely N-dealkylation sites (N-methyl/N-ethyl adjacent to an activating group) is 1. The molecule has 4 rings (SSSR count). The molecule has 0 aliphatic carbocycles. The number of nitrogens with one attached hydrogen (secondary N) is 1. The first kappa shape index (κ1) is 22.4. The molecule has 7 nitrogen and oxygen atoms in total. The van der Waals surface area contributed by atoms with Gasteiger partial charge in [-0.15, -0.1) is 0 Å². The fourth-order valence-corrected chi connectivity index (χ4v) is 4.23. The van der Waals surface area contributed by atoms with Gasteiger partial charge in [0.1, 0.15) is 11.6 Å². The highest BCUT2D eigenvalue weighted by Crippen LogP contribution is 2.28. The van der Waals surface area contributed by atoms with Gasteiger partial charge in [0.15, 0.2) is 10.9 Å². The van der Waals surface area contributed by atoms with Crippen molar-refractivity contribution in [3.63, 3.8) is 0 Å². The highest BCUT2D eigenvalue weighted by Gasteiger charge is 2.18. The number of hydrogen-bond acceptors (Lipinski definition) is 7. The van der Waals surface area contributed by atoms with Crippen molar-refractivity contribution in [3.8, 4) is 11.3 Å². The van der Waals surface area contributed by atoms with Gasteiger partial charge in [-0.2, -0.15) is 0 Å². The maximum atomic E-state index is 12.1. The number of hydrogen-bond donors (Lipinski definition) is 1. The molecule has 32 heavy (non-hydrogen) atoms. The van der Waals surface area contributed by atoms with E-state index < -0.39 is 0 Å². The van der Waals surface area contributed by atoms with Gasteiger partial charge < -0.3 is 19.5 Å². The number of benzene rings is 1. The maximum absolute atomic E-state index is 12.1. The first-order chi connectivity index (χ1) is 15.5. The van der Waals surface area contributed by atoms with Gasteiger partial charge in [0, 0.05) is 43.9 Å². The standard InChI is InChI=1S/C24H29N5O2S/c1-17(2)25-23(30)21-10-9-19(31-21)16-32-24-26-20(18-7-5-4-6-8-18)15-22(27-24)29-13-11-28(3)12-14-29/h4-10,15,17H,11-14,16H2,1-3H3,(H,25,30). The highest BCUT2D eigenvalue weighted by atomic mass is 32.2. The van der Waals surface area contributed by atoms with Crippen LogP contribution < -0.4 is 10.2 Å². The lowest BCUT2D eigenvalue weighted by atomic mass is 10.1. The van der Waals surface area contributed by atoms with Gasteiger partial charge in [-0.3, -0.25) is 4.79 Å². The van der Waals surface area contributed by atoms with Crippen molar-refractivity contribution in [3.05, 3.63) is 60.1 Å². The molecule has 2 aromatic heterocycles. The lowest BCUT2D eigenvalue weighted by Gasteiger charge is -2.33. The third-order valence-corrected chi connectivity index (χ3v) is 6.11. The average molecular weight is 452 g/mol. The summed E-state index contributed by atoms with van der Waals surface area (Å²) in [5.41, 5.74) is 1.98. The Morgan fingerprint density at radius 2 is 1.84 bits per heavy atom. The molecule has 0 radical (unpaired) electrons. The van der Waals surface area contributed by atoms with Crippen molar-refractivity contribution < 1.29 is 9.21 Å². The Hall–Kier alpha value is -2.84. The zero-order valence-corrected chi connectivity index (χ0v) is 19.6. The highest BCUT2D eigenvalue weighted by molar-refractivity contribution is 7.98. The van der Waals surface area contributed by atoms with E-state index in [0.717, 1.165) is 49.0 Å². The minimum absolute atomic E-state index is 0.0625. The van der Waals surface area contributed by atoms with E-state index in [0.29, 0.717) is 16.7 Å². The third-order valence-electron chi connectivity index (χ3n) is 5.24. The molecule has 8 heteroatoms. The molecule has 1 amide bonds. The van der Waals surface area contributed by atoms with Crippen molar-refractivity contribution in [2.75, 3.05) is 38.1 Å². The molecular formula is C24H29N5O2S. The first-order valence-corrected chi connectivity index (χ1v) is 11.9. The van der Waals surface area contributed by atoms with Crippen LogP contribution in [-0.4, -0.2) is 60.0 Å². The van der Waals surface area contributed by atoms with E-state index in [1.165, 1.54) is 11.8 Å². The van der Waals surface area contributed by atoms with E-state index in [1.54, 1.807) is 6.07 Å². The number of thioether (sulfide) groups is 1. The van der Waals surface area contributed by atoms with Gasteiger partial charge in [0.05, 0.1) is 11.4 Å². The van der Waals surface area contributed by atoms with E-state index in [4.69, 9.17) is 14.4 Å². The topological polar surface area (TPSA) is 74.5 Å². The lowest BCUT2D eigenvalue weighted by Crippen LogP contribution is -2.44. The van der Waals surface area contributed by atoms with Crippen LogP contribution in [0.15, 0.2) is 58.1 Å². The van der Waals surface area contributed by atoms with Gasteiger partial charge in [0.2, 0.25) is 0 Å². The van der Waals surface area contributed by atoms with Gasteiger partial charge in [0.25, 0.3) is 5.91 Å². The van der Waals surface area contributed by atoms with Gasteiger partial charge in [-0.1, -0.05) is 42.1 Å². The molecule has 0 spiro atoms. The summed E-state index contributed by atoms with van der Waals surface area (Å²) in [4.78, 5) is 26.4. The van der Waals surface area contributed by atoms with Crippen molar-refractivity contribution in [2.45, 2.75) is 30.8 Å². The Bertz CT molecular complexity index is 1050. The van der Waals surface area contributed by atoms with Gasteiger partial charge in [-0.05, 0) is 33.0 Å². The van der Waals surface area contributed by atoms with E-state index in [9.17, 15) is 4.79 Å². The molecule has 3 heterocycles. The first-order valence-electron chi connectivity index (χ1n) is 10.9. The summed E-state index contributed by atoms with van der Waals surface area (Å²) in [5, 5.41) is 3.54. The summed E-state index contributed by atoms with van der Waals surface area (Å²) in [5.74, 6) is 2.35. The molecule has 1 N–H and O–H groups in total. The summed E-state index contributed by atoms with van der Waals surface area (Å²) in [6.45, 7) is 7.76. The monoisotopic (exact) mass is 451 g/mol. The molecule has 0 bridgehead atoms. The molecule has 0 atom stereocenters. The fraction of sp³-hybridized carbons (Fsp3) is 0.375. The van der Waals surface area contributed by atoms with Crippen LogP contribution in [0.1, 0.15) is 30.2 Å². The van der Waals surface area contributed by atoms with Crippen molar-refractivity contribution in [1.29, 1.82) is 0 Å². The molecule has 0 saturated carbocycles. The summed E-state index contributed by atoms with van der Waals surface area (Å²) in [6.07, 6.45) is 0. The summed E-state index contributed by atoms with van der Waals surface area (Å²) < 4.78 is 5.74. The number of amides is 1. The lowest BCUT2D eigenvalue weighted by molar-refractivity contribution is 0.0913. The normalized spacial score (nSPS) is 14.7. The molecule has 1 saturated heterocycles. The number of piperazine rings is 1. The molecule has 0 unspecified atom stereocenters. The average Bonchev–Trinajstić information content (AvgIpc) is 3.27. The Kier molecular flexibility index (Phi) is 7.12. The summed E-state index contributed by atoms with van der Waals surface area (Å²) >= 11 is 1.52. The zero-order valence-electron chi connectivity index (χ0n) is 18.7. The fourth-order valence-electron chi connectivity index (χ4n) is 3.48. The number of anilines is 1. The molecule has 3 aromatic rings. The van der Waals surface area contributed by atoms with E-state index in [2.05, 4.69) is 40.4 Å². The zero-order chi connectivity index (χ0) is 22.5. The minimum atomic E-state index is -0.198. The van der Waals surface area contributed by atoms with E-state index in [-0.39, 0.29) is 11.9 Å². The molecular weight excluding hydrogens is 422 g/mol. The largest absolute Gasteiger partial charge is 0.455 e. The Labute approximate surface area is 193 Å². The van der Waals surface area contributed by atoms with Crippen LogP contribution in [0.2, 0.25) is 0 Å². The summed E-state index contributed by atoms with van der Waals surface area (Å²) in [7, 11) is 2.15. The number of aromatic nitrogens is 2. The van der Waals surface area contributed by atoms with Crippen LogP contribution in [0, 0.1) is 0 Å². The Balaban J connectivity index is 1.53. The smallest absolute Gasteiger partial charge is 0.287 e. The second-order valence-electron chi connectivity index (χ2n) is 8.23. The predicted molar refractivity (Wildman–Crippen MR) is 128 cm³/mol. The van der Waals surface area contributed by atoms with Crippen LogP contribution in [0.25, 0.3) is 11.3 Å². The molecule has 1 fully saturated rings. The van der Waals surface area contributed by atoms with Crippen LogP contribution in [-0.2, 0) is 5.75 Å². The van der Waals surface area contributed by atoms with Crippen LogP contribution in [0.3, 0.4) is 0 Å². The van der Waals surface area contributed by atoms with Gasteiger partial charge in [-0.25, -0.2) is 9.97 Å². The third kappa shape index (κ3) is 5.69. The van der Waals surface area contributed by atoms with Gasteiger partial charge >= 0.3 is 0 Å². The van der Waals surface area contributed by atoms with E-state index in [1.807, 2.05) is 38.1 Å². The van der Waals surface area contributed by atoms with Crippen molar-refractivity contribution >= 4 is 23.5 Å². The second kappa shape index (κ2) is 10.2. The van der Waals surface area contributed by atoms with Crippen molar-refractivity contribution in [2.24, 2.45) is 0 Å². The number of furan rings is 1. The molecule has 1 aliphatic rings. The molecule has 168 valence electrons. The second-order valence-corrected chi connectivity index (χ2v) is 9.18. The number of nitrogens with zero attached hydrogens (tertiary/aromatic N) is 4.